The third kappa shape index (κ3) is 77.4. The molecule has 14 atom stereocenters. The Kier molecular flexibility index (Phi) is 118. The molecule has 36 nitrogen and oxygen atoms in total. The molecule has 14 unspecified atom stereocenters. The number of nitrogens with zero attached hydrogens (tertiary/aromatic N) is 5. The number of thiol groups is 1. The van der Waals surface area contributed by atoms with Crippen LogP contribution in [0.3, 0.4) is 0 Å². The van der Waals surface area contributed by atoms with Crippen LogP contribution in [0.15, 0.2) is 9.98 Å². The van der Waals surface area contributed by atoms with E-state index in [1.165, 1.54) is 14.0 Å². The second kappa shape index (κ2) is 99.5. The number of hydrogen-bond donors (Lipinski definition) is 17. The maximum atomic E-state index is 13.1. The molecule has 46 heteroatoms. The minimum Gasteiger partial charge on any atom is -0.481 e. The van der Waals surface area contributed by atoms with Crippen molar-refractivity contribution in [3.63, 3.8) is 0 Å². The number of imide groups is 2. The summed E-state index contributed by atoms with van der Waals surface area (Å²) < 4.78 is 27.1. The van der Waals surface area contributed by atoms with Gasteiger partial charge in [0.25, 0.3) is 23.6 Å². The molecule has 0 bridgehead atoms. The first kappa shape index (κ1) is 143. The molecule has 4 aliphatic heterocycles. The van der Waals surface area contributed by atoms with Gasteiger partial charge < -0.3 is 114 Å². The molecule has 0 spiro atoms. The van der Waals surface area contributed by atoms with Gasteiger partial charge in [-0.15, -0.1) is 5.06 Å². The van der Waals surface area contributed by atoms with E-state index in [-0.39, 0.29) is 176 Å². The number of carbonyl (C=O) groups is 9. The number of nitrogens with one attached hydrogen (secondary N) is 3. The number of unbranched alkanes of at least 4 members (excludes halogenated alkanes) is 1. The standard InChI is InChI=1S/C24H41N3O6S2.C18H34N2O11.C8H17N3.C5H10O2.C4H5NO3.4C3H9NS.C2H7NS.2CH4.3Au/c1-5-7-8-18(22(30)25-11-13-34-3)16-19(23(31)26-12-14-35-4)15-17(6-2)24(32)33-27-20(28)9-10-21(27)29;1-8-12(22)14(24)13(23)9(30-8)6-29-18-16(26)15(25)17(10(31-18)5-27-2)28-7-11(21)20-4-3-19;1-4-9-8-10-6-5-7-11(2)3;1-3-4(2)5(6)7;6-3-1-2-4(7)5(3)8;4*1-5-3-2-4;3-1-2-4;;;;;/h17-19H,5-16H2,1-4H3,(H,25,30)(H,26,31);8-10,12-18,22-26H,3-7,19H2,1-2H3,(H,20,21);4-7H2,1-3H3;4H,3H2,1-2H3,(H,6,7);8H,1-2H2;4*2-4H2,1H3;4H,1-3H2;2*1H4;;;. The summed E-state index contributed by atoms with van der Waals surface area (Å²) in [5, 5.41) is 76.4. The molecular formula is C75H158Au3N14O22S7. The fraction of sp³-hybridized carbons (Fsp3) is 0.867. The maximum Gasteiger partial charge on any atom is 0.336 e. The first-order valence-corrected chi connectivity index (χ1v) is 47.8. The van der Waals surface area contributed by atoms with E-state index in [1.54, 1.807) is 84.4 Å². The van der Waals surface area contributed by atoms with Crippen LogP contribution >= 0.6 is 83.2 Å². The van der Waals surface area contributed by atoms with Crippen molar-refractivity contribution in [2.45, 2.75) is 195 Å². The number of hydrogen-bond acceptors (Lipinski definition) is 37. The van der Waals surface area contributed by atoms with Crippen molar-refractivity contribution >= 4 is 142 Å². The zero-order valence-electron chi connectivity index (χ0n) is 72.4. The van der Waals surface area contributed by atoms with Crippen LogP contribution in [0.4, 0.5) is 0 Å². The zero-order valence-corrected chi connectivity index (χ0v) is 84.7. The van der Waals surface area contributed by atoms with E-state index in [0.29, 0.717) is 44.0 Å². The predicted molar refractivity (Wildman–Crippen MR) is 487 cm³/mol. The first-order valence-electron chi connectivity index (χ1n) is 38.8. The van der Waals surface area contributed by atoms with E-state index >= 15 is 0 Å². The van der Waals surface area contributed by atoms with Crippen LogP contribution in [-0.2, 0) is 139 Å². The van der Waals surface area contributed by atoms with Crippen LogP contribution in [-0.4, -0.2) is 369 Å². The molecule has 4 saturated heterocycles. The van der Waals surface area contributed by atoms with E-state index in [9.17, 15) is 68.7 Å². The Morgan fingerprint density at radius 3 is 1.42 bits per heavy atom. The molecule has 22 N–H and O–H groups in total. The number of amides is 7. The third-order valence-corrected chi connectivity index (χ3v) is 19.9. The number of carbonyl (C=O) groups excluding carboxylic acids is 8. The van der Waals surface area contributed by atoms with Gasteiger partial charge in [-0.3, -0.25) is 43.6 Å². The number of rotatable bonds is 44. The molecule has 4 heterocycles. The number of ether oxygens (including phenoxy) is 5. The fourth-order valence-corrected chi connectivity index (χ4v) is 10.7. The summed E-state index contributed by atoms with van der Waals surface area (Å²) in [6.07, 6.45) is 5.46. The van der Waals surface area contributed by atoms with Crippen LogP contribution in [0, 0.1) is 23.7 Å². The summed E-state index contributed by atoms with van der Waals surface area (Å²) in [7, 11) is 5.52. The van der Waals surface area contributed by atoms with Gasteiger partial charge in [0, 0.05) is 217 Å². The van der Waals surface area contributed by atoms with E-state index in [2.05, 4.69) is 70.5 Å². The summed E-state index contributed by atoms with van der Waals surface area (Å²) in [5.74, 6) is 0.704. The van der Waals surface area contributed by atoms with Crippen LogP contribution in [0.2, 0.25) is 0 Å². The fourth-order valence-electron chi connectivity index (χ4n) is 9.19. The Labute approximate surface area is 801 Å². The van der Waals surface area contributed by atoms with Gasteiger partial charge in [-0.1, -0.05) is 55.4 Å². The summed E-state index contributed by atoms with van der Waals surface area (Å²) in [6.45, 7) is 18.4. The zero-order chi connectivity index (χ0) is 89.8. The molecule has 0 aromatic heterocycles. The van der Waals surface area contributed by atoms with Crippen molar-refractivity contribution in [3.8, 4) is 0 Å². The number of aliphatic hydroxyl groups is 5. The van der Waals surface area contributed by atoms with Crippen LogP contribution in [0.5, 0.6) is 0 Å². The Hall–Kier alpha value is -1.04. The molecule has 0 aliphatic carbocycles. The number of thioether (sulfide) groups is 6. The topological polar surface area (TPSA) is 577 Å². The molecule has 3 radical (unpaired) electrons. The van der Waals surface area contributed by atoms with Crippen LogP contribution in [0.1, 0.15) is 133 Å². The molecule has 4 aliphatic rings. The van der Waals surface area contributed by atoms with Crippen LogP contribution in [0.25, 0.3) is 0 Å². The van der Waals surface area contributed by atoms with E-state index in [0.717, 1.165) is 112 Å². The smallest absolute Gasteiger partial charge is 0.336 e. The number of aliphatic imine (C=N–C) groups is 2. The van der Waals surface area contributed by atoms with Crippen molar-refractivity contribution < 1.29 is 175 Å². The number of hydroxylamine groups is 4. The van der Waals surface area contributed by atoms with E-state index in [4.69, 9.17) is 73.2 Å². The van der Waals surface area contributed by atoms with Crippen molar-refractivity contribution in [2.24, 2.45) is 68.1 Å². The monoisotopic (exact) mass is 2420 g/mol. The normalized spacial score (nSPS) is 19.8. The van der Waals surface area contributed by atoms with Gasteiger partial charge in [0.1, 0.15) is 55.4 Å². The van der Waals surface area contributed by atoms with Gasteiger partial charge in [0.05, 0.1) is 43.7 Å². The SMILES string of the molecule is C.C.CCC(C)C(=O)O.CCCCC(CC(CC(CC)C(=O)ON1C(=O)CCC1=O)C(=O)NCCSC)C(=O)NCCSC.CCN=C=NCCCN(C)C.COCC1OC(OCC2OC(C)C(O)C(O)C2O)C(O)C(O)C1OCC(=O)NCCN.CSCCN.CSCCN.CSCCN.CSCCN.NCCS.O=C1CCC(=O)N1O.[Au].[Au].[Au]. The summed E-state index contributed by atoms with van der Waals surface area (Å²) in [5.41, 5.74) is 30.7. The average molecular weight is 2420 g/mol. The number of carboxylic acid groups (broad SMARTS) is 1. The number of aliphatic hydroxyl groups excluding tert-OH is 5. The first-order chi connectivity index (χ1) is 55.2. The summed E-state index contributed by atoms with van der Waals surface area (Å²) in [6, 6.07) is 2.64. The predicted octanol–water partition coefficient (Wildman–Crippen LogP) is 2.35. The van der Waals surface area contributed by atoms with Gasteiger partial charge in [-0.2, -0.15) is 88.3 Å². The number of aliphatic carboxylic acids is 1. The van der Waals surface area contributed by atoms with Crippen molar-refractivity contribution in [1.29, 1.82) is 0 Å². The number of methoxy groups -OCH3 is 1. The molecule has 0 aromatic carbocycles. The minimum atomic E-state index is -1.54. The van der Waals surface area contributed by atoms with Gasteiger partial charge in [0.15, 0.2) is 6.29 Å². The van der Waals surface area contributed by atoms with Crippen molar-refractivity contribution in [2.75, 3.05) is 197 Å². The van der Waals surface area contributed by atoms with Gasteiger partial charge in [0.2, 0.25) is 17.7 Å². The number of carboxylic acids is 1. The second-order valence-corrected chi connectivity index (χ2v) is 32.1. The largest absolute Gasteiger partial charge is 0.481 e. The summed E-state index contributed by atoms with van der Waals surface area (Å²) >= 11 is 14.2. The maximum absolute atomic E-state index is 13.1. The van der Waals surface area contributed by atoms with E-state index in [1.807, 2.05) is 51.4 Å². The third-order valence-electron chi connectivity index (χ3n) is 15.9. The molecule has 4 fully saturated rings. The Bertz CT molecular complexity index is 2490. The Balaban J connectivity index is -0.000000139. The van der Waals surface area contributed by atoms with Gasteiger partial charge >= 0.3 is 11.9 Å². The minimum absolute atomic E-state index is 0. The van der Waals surface area contributed by atoms with Crippen molar-refractivity contribution in [3.05, 3.63) is 0 Å². The quantitative estimate of drug-likeness (QED) is 0.0104. The number of nitrogens with two attached hydrogens (primary N) is 6. The van der Waals surface area contributed by atoms with Crippen LogP contribution < -0.4 is 50.4 Å². The Morgan fingerprint density at radius 2 is 1.06 bits per heavy atom. The second-order valence-electron chi connectivity index (χ2n) is 25.7. The molecule has 0 aromatic rings. The molecule has 121 heavy (non-hydrogen) atoms. The average Bonchev–Trinajstić information content (AvgIpc) is 1.47. The Morgan fingerprint density at radius 1 is 0.595 bits per heavy atom. The molecule has 735 valence electrons. The van der Waals surface area contributed by atoms with Gasteiger partial charge in [-0.25, -0.2) is 14.8 Å². The summed E-state index contributed by atoms with van der Waals surface area (Å²) in [4.78, 5) is 120. The van der Waals surface area contributed by atoms with Crippen molar-refractivity contribution in [1.82, 2.24) is 31.0 Å². The van der Waals surface area contributed by atoms with Gasteiger partial charge in [-0.05, 0) is 111 Å². The molecule has 0 saturated carbocycles. The molecule has 7 amide bonds. The van der Waals surface area contributed by atoms with E-state index < -0.39 is 115 Å². The molecule has 4 rings (SSSR count). The molecular weight excluding hydrogens is 2260 g/mol.